The van der Waals surface area contributed by atoms with E-state index in [-0.39, 0.29) is 5.91 Å². The van der Waals surface area contributed by atoms with E-state index in [9.17, 15) is 4.79 Å². The number of rotatable bonds is 5. The van der Waals surface area contributed by atoms with Gasteiger partial charge in [-0.3, -0.25) is 14.4 Å². The van der Waals surface area contributed by atoms with Crippen molar-refractivity contribution < 1.29 is 14.3 Å². The zero-order valence-electron chi connectivity index (χ0n) is 14.9. The molecule has 0 aliphatic carbocycles. The van der Waals surface area contributed by atoms with Gasteiger partial charge in [0.15, 0.2) is 0 Å². The van der Waals surface area contributed by atoms with Crippen LogP contribution in [0.25, 0.3) is 0 Å². The Balaban J connectivity index is 1.55. The number of anilines is 1. The maximum absolute atomic E-state index is 13.0. The van der Waals surface area contributed by atoms with Crippen molar-refractivity contribution in [3.05, 3.63) is 59.9 Å². The number of benzene rings is 1. The molecule has 0 radical (unpaired) electrons. The summed E-state index contributed by atoms with van der Waals surface area (Å²) in [5.41, 5.74) is 1.50. The van der Waals surface area contributed by atoms with E-state index in [4.69, 9.17) is 9.47 Å². The number of aryl methyl sites for hydroxylation is 1. The van der Waals surface area contributed by atoms with E-state index in [1.165, 1.54) is 7.11 Å². The van der Waals surface area contributed by atoms with Crippen LogP contribution in [0.1, 0.15) is 22.5 Å². The van der Waals surface area contributed by atoms with Gasteiger partial charge >= 0.3 is 0 Å². The minimum absolute atomic E-state index is 0.206. The minimum Gasteiger partial charge on any atom is -0.481 e. The molecule has 0 fully saturated rings. The van der Waals surface area contributed by atoms with Crippen LogP contribution in [0.15, 0.2) is 48.7 Å². The molecule has 8 heteroatoms. The fourth-order valence-corrected chi connectivity index (χ4v) is 2.92. The van der Waals surface area contributed by atoms with Gasteiger partial charge < -0.3 is 9.47 Å². The van der Waals surface area contributed by atoms with Crippen molar-refractivity contribution in [2.24, 2.45) is 0 Å². The highest BCUT2D eigenvalue weighted by molar-refractivity contribution is 6.04. The Hall–Kier alpha value is -3.42. The predicted molar refractivity (Wildman–Crippen MR) is 97.9 cm³/mol. The van der Waals surface area contributed by atoms with Crippen LogP contribution in [0.5, 0.6) is 11.8 Å². The summed E-state index contributed by atoms with van der Waals surface area (Å²) in [5.74, 6) is 0.955. The average molecular weight is 365 g/mol. The van der Waals surface area contributed by atoms with Crippen molar-refractivity contribution >= 4 is 11.9 Å². The highest BCUT2D eigenvalue weighted by Crippen LogP contribution is 2.22. The van der Waals surface area contributed by atoms with E-state index in [1.54, 1.807) is 27.9 Å². The lowest BCUT2D eigenvalue weighted by Crippen LogP contribution is -2.32. The average Bonchev–Trinajstić information content (AvgIpc) is 3.06. The maximum atomic E-state index is 13.0. The molecule has 1 aromatic carbocycles. The van der Waals surface area contributed by atoms with Gasteiger partial charge in [-0.05, 0) is 12.0 Å². The Bertz CT molecular complexity index is 942. The lowest BCUT2D eigenvalue weighted by Gasteiger charge is -2.17. The number of carbonyl (C=O) groups is 1. The van der Waals surface area contributed by atoms with Crippen LogP contribution in [0, 0.1) is 0 Å². The van der Waals surface area contributed by atoms with Gasteiger partial charge in [-0.25, -0.2) is 4.98 Å². The molecule has 0 unspecified atom stereocenters. The van der Waals surface area contributed by atoms with E-state index in [0.717, 1.165) is 12.0 Å². The van der Waals surface area contributed by atoms with Crippen LogP contribution in [-0.4, -0.2) is 39.3 Å². The summed E-state index contributed by atoms with van der Waals surface area (Å²) in [6, 6.07) is 13.1. The molecular formula is C19H19N5O3. The second-order valence-corrected chi connectivity index (χ2v) is 6.07. The number of carbonyl (C=O) groups excluding carboxylic acids is 1. The molecule has 8 nitrogen and oxygen atoms in total. The third-order valence-corrected chi connectivity index (χ3v) is 4.27. The Kier molecular flexibility index (Phi) is 4.69. The van der Waals surface area contributed by atoms with Gasteiger partial charge in [-0.1, -0.05) is 30.3 Å². The van der Waals surface area contributed by atoms with E-state index in [0.29, 0.717) is 43.1 Å². The number of ether oxygens (including phenoxy) is 2. The summed E-state index contributed by atoms with van der Waals surface area (Å²) < 4.78 is 12.6. The summed E-state index contributed by atoms with van der Waals surface area (Å²) in [4.78, 5) is 23.0. The lowest BCUT2D eigenvalue weighted by atomic mass is 10.2. The number of nitrogens with zero attached hydrogens (tertiary/aromatic N) is 5. The first-order chi connectivity index (χ1) is 13.2. The van der Waals surface area contributed by atoms with E-state index < -0.39 is 0 Å². The van der Waals surface area contributed by atoms with Crippen LogP contribution < -0.4 is 14.4 Å². The largest absolute Gasteiger partial charge is 0.481 e. The quantitative estimate of drug-likeness (QED) is 0.690. The van der Waals surface area contributed by atoms with Crippen molar-refractivity contribution in [2.75, 3.05) is 18.6 Å². The molecule has 0 saturated carbocycles. The zero-order valence-corrected chi connectivity index (χ0v) is 14.9. The maximum Gasteiger partial charge on any atom is 0.279 e. The summed E-state index contributed by atoms with van der Waals surface area (Å²) in [6.07, 6.45) is 2.31. The van der Waals surface area contributed by atoms with Gasteiger partial charge in [0.25, 0.3) is 5.91 Å². The molecule has 0 spiro atoms. The molecule has 138 valence electrons. The van der Waals surface area contributed by atoms with E-state index in [1.807, 2.05) is 30.3 Å². The zero-order chi connectivity index (χ0) is 18.6. The van der Waals surface area contributed by atoms with Gasteiger partial charge in [0, 0.05) is 31.4 Å². The Labute approximate surface area is 156 Å². The fraction of sp³-hybridized carbons (Fsp3) is 0.263. The highest BCUT2D eigenvalue weighted by atomic mass is 16.5. The number of hydrogen-bond donors (Lipinski definition) is 0. The molecule has 0 bridgehead atoms. The van der Waals surface area contributed by atoms with Crippen molar-refractivity contribution in [3.63, 3.8) is 0 Å². The van der Waals surface area contributed by atoms with Gasteiger partial charge in [0.05, 0.1) is 7.11 Å². The number of hydrogen-bond acceptors (Lipinski definition) is 6. The van der Waals surface area contributed by atoms with E-state index in [2.05, 4.69) is 15.1 Å². The van der Waals surface area contributed by atoms with Gasteiger partial charge in [-0.2, -0.15) is 4.98 Å². The van der Waals surface area contributed by atoms with Crippen molar-refractivity contribution in [1.29, 1.82) is 0 Å². The first-order valence-electron chi connectivity index (χ1n) is 8.68. The standard InChI is InChI=1S/C19H19N5O3/c1-26-16-8-9-20-19(21-16)23-10-5-11-24-15(18(23)25)12-17(22-24)27-13-14-6-3-2-4-7-14/h2-4,6-9,12H,5,10-11,13H2,1H3. The monoisotopic (exact) mass is 365 g/mol. The molecule has 4 rings (SSSR count). The summed E-state index contributed by atoms with van der Waals surface area (Å²) >= 11 is 0. The Morgan fingerprint density at radius 2 is 1.96 bits per heavy atom. The molecule has 0 saturated heterocycles. The molecule has 2 aromatic heterocycles. The Morgan fingerprint density at radius 3 is 2.78 bits per heavy atom. The van der Waals surface area contributed by atoms with Gasteiger partial charge in [0.2, 0.25) is 17.7 Å². The number of methoxy groups -OCH3 is 1. The molecule has 3 heterocycles. The van der Waals surface area contributed by atoms with Gasteiger partial charge in [-0.15, -0.1) is 5.10 Å². The van der Waals surface area contributed by atoms with Crippen LogP contribution >= 0.6 is 0 Å². The summed E-state index contributed by atoms with van der Waals surface area (Å²) in [6.45, 7) is 1.53. The lowest BCUT2D eigenvalue weighted by molar-refractivity contribution is 0.0981. The second kappa shape index (κ2) is 7.45. The van der Waals surface area contributed by atoms with Crippen molar-refractivity contribution in [2.45, 2.75) is 19.6 Å². The molecule has 3 aromatic rings. The van der Waals surface area contributed by atoms with Crippen LogP contribution in [0.3, 0.4) is 0 Å². The third-order valence-electron chi connectivity index (χ3n) is 4.27. The normalized spacial score (nSPS) is 13.8. The fourth-order valence-electron chi connectivity index (χ4n) is 2.92. The third kappa shape index (κ3) is 3.59. The Morgan fingerprint density at radius 1 is 1.11 bits per heavy atom. The number of amides is 1. The first-order valence-corrected chi connectivity index (χ1v) is 8.68. The van der Waals surface area contributed by atoms with Gasteiger partial charge in [0.1, 0.15) is 12.3 Å². The topological polar surface area (TPSA) is 82.4 Å². The molecular weight excluding hydrogens is 346 g/mol. The SMILES string of the molecule is COc1ccnc(N2CCCn3nc(OCc4ccccc4)cc3C2=O)n1. The summed E-state index contributed by atoms with van der Waals surface area (Å²) in [7, 11) is 1.53. The van der Waals surface area contributed by atoms with E-state index >= 15 is 0 Å². The molecule has 1 amide bonds. The minimum atomic E-state index is -0.206. The predicted octanol–water partition coefficient (Wildman–Crippen LogP) is 2.31. The molecule has 0 atom stereocenters. The molecule has 0 N–H and O–H groups in total. The molecule has 1 aliphatic rings. The first kappa shape index (κ1) is 17.0. The van der Waals surface area contributed by atoms with Crippen LogP contribution in [-0.2, 0) is 13.2 Å². The van der Waals surface area contributed by atoms with Crippen molar-refractivity contribution in [3.8, 4) is 11.8 Å². The molecule has 27 heavy (non-hydrogen) atoms. The van der Waals surface area contributed by atoms with Crippen LogP contribution in [0.4, 0.5) is 5.95 Å². The molecule has 1 aliphatic heterocycles. The highest BCUT2D eigenvalue weighted by Gasteiger charge is 2.28. The number of aromatic nitrogens is 4. The number of fused-ring (bicyclic) bond motifs is 1. The smallest absolute Gasteiger partial charge is 0.279 e. The van der Waals surface area contributed by atoms with Crippen molar-refractivity contribution in [1.82, 2.24) is 19.7 Å². The summed E-state index contributed by atoms with van der Waals surface area (Å²) in [5, 5.41) is 4.42. The second-order valence-electron chi connectivity index (χ2n) is 6.07. The van der Waals surface area contributed by atoms with Crippen LogP contribution in [0.2, 0.25) is 0 Å².